The molecule has 7 heteroatoms. The van der Waals surface area contributed by atoms with E-state index in [0.717, 1.165) is 25.7 Å². The molecule has 0 amide bonds. The van der Waals surface area contributed by atoms with Crippen LogP contribution in [0.3, 0.4) is 0 Å². The van der Waals surface area contributed by atoms with E-state index in [2.05, 4.69) is 13.8 Å². The van der Waals surface area contributed by atoms with Crippen LogP contribution in [0.15, 0.2) is 24.3 Å². The highest BCUT2D eigenvalue weighted by Gasteiger charge is 2.69. The lowest BCUT2D eigenvalue weighted by atomic mass is 9.57. The third-order valence-electron chi connectivity index (χ3n) is 7.99. The molecule has 4 aliphatic heterocycles. The maximum absolute atomic E-state index is 13.4. The van der Waals surface area contributed by atoms with E-state index in [9.17, 15) is 9.18 Å². The smallest absolute Gasteiger partial charge is 0.338 e. The molecule has 0 unspecified atom stereocenters. The van der Waals surface area contributed by atoms with Crippen LogP contribution in [0.5, 0.6) is 0 Å². The van der Waals surface area contributed by atoms with Gasteiger partial charge < -0.3 is 14.2 Å². The number of carbonyl (C=O) groups excluding carboxylic acids is 1. The van der Waals surface area contributed by atoms with E-state index in [1.807, 2.05) is 6.92 Å². The van der Waals surface area contributed by atoms with Gasteiger partial charge in [-0.25, -0.2) is 19.0 Å². The van der Waals surface area contributed by atoms with Crippen molar-refractivity contribution in [3.05, 3.63) is 35.6 Å². The zero-order valence-electron chi connectivity index (χ0n) is 18.3. The molecule has 6 rings (SSSR count). The molecule has 0 aromatic heterocycles. The van der Waals surface area contributed by atoms with Crippen LogP contribution in [-0.2, 0) is 24.0 Å². The largest absolute Gasteiger partial charge is 0.462 e. The first-order chi connectivity index (χ1) is 14.8. The summed E-state index contributed by atoms with van der Waals surface area (Å²) in [5, 5.41) is 0. The first kappa shape index (κ1) is 21.3. The van der Waals surface area contributed by atoms with Crippen LogP contribution in [0, 0.1) is 29.5 Å². The molecule has 170 valence electrons. The highest BCUT2D eigenvalue weighted by molar-refractivity contribution is 5.89. The van der Waals surface area contributed by atoms with Gasteiger partial charge in [-0.1, -0.05) is 19.9 Å². The van der Waals surface area contributed by atoms with Crippen molar-refractivity contribution in [1.29, 1.82) is 0 Å². The van der Waals surface area contributed by atoms with Gasteiger partial charge in [0.2, 0.25) is 5.79 Å². The number of ether oxygens (including phenoxy) is 3. The van der Waals surface area contributed by atoms with Crippen molar-refractivity contribution in [3.63, 3.8) is 0 Å². The predicted octanol–water partition coefficient (Wildman–Crippen LogP) is 4.62. The van der Waals surface area contributed by atoms with Crippen LogP contribution in [0.25, 0.3) is 0 Å². The number of hydrogen-bond acceptors (Lipinski definition) is 6. The number of benzene rings is 1. The summed E-state index contributed by atoms with van der Waals surface area (Å²) >= 11 is 0. The van der Waals surface area contributed by atoms with Crippen LogP contribution in [-0.4, -0.2) is 36.4 Å². The Bertz CT molecular complexity index is 847. The van der Waals surface area contributed by atoms with Crippen molar-refractivity contribution < 1.29 is 33.2 Å². The molecule has 2 bridgehead atoms. The lowest BCUT2D eigenvalue weighted by Gasteiger charge is -2.60. The van der Waals surface area contributed by atoms with Gasteiger partial charge in [-0.2, -0.15) is 0 Å². The fourth-order valence-corrected chi connectivity index (χ4v) is 6.28. The number of hydrogen-bond donors (Lipinski definition) is 0. The van der Waals surface area contributed by atoms with Gasteiger partial charge in [-0.15, -0.1) is 0 Å². The van der Waals surface area contributed by atoms with Crippen molar-refractivity contribution >= 4 is 5.97 Å². The monoisotopic (exact) mass is 434 g/mol. The average molecular weight is 435 g/mol. The summed E-state index contributed by atoms with van der Waals surface area (Å²) in [6.45, 7) is 6.59. The Morgan fingerprint density at radius 2 is 2.03 bits per heavy atom. The number of esters is 1. The third-order valence-corrected chi connectivity index (χ3v) is 7.99. The molecule has 1 aliphatic carbocycles. The van der Waals surface area contributed by atoms with Crippen molar-refractivity contribution in [3.8, 4) is 0 Å². The Hall–Kier alpha value is -1.54. The predicted molar refractivity (Wildman–Crippen MR) is 108 cm³/mol. The average Bonchev–Trinajstić information content (AvgIpc) is 2.97. The quantitative estimate of drug-likeness (QED) is 0.509. The first-order valence-corrected chi connectivity index (χ1v) is 11.5. The molecule has 0 N–H and O–H groups in total. The maximum atomic E-state index is 13.4. The van der Waals surface area contributed by atoms with Crippen molar-refractivity contribution in [2.75, 3.05) is 6.61 Å². The van der Waals surface area contributed by atoms with Gasteiger partial charge in [0.05, 0.1) is 18.3 Å². The lowest BCUT2D eigenvalue weighted by Crippen LogP contribution is -2.70. The topological polar surface area (TPSA) is 63.2 Å². The Labute approximate surface area is 182 Å². The molecule has 8 atom stereocenters. The van der Waals surface area contributed by atoms with Gasteiger partial charge in [0.15, 0.2) is 11.9 Å². The summed E-state index contributed by atoms with van der Waals surface area (Å²) in [5.41, 5.74) is -0.370. The summed E-state index contributed by atoms with van der Waals surface area (Å²) < 4.78 is 31.6. The van der Waals surface area contributed by atoms with Crippen molar-refractivity contribution in [1.82, 2.24) is 0 Å². The number of carbonyl (C=O) groups is 1. The zero-order chi connectivity index (χ0) is 21.8. The molecule has 1 saturated carbocycles. The Morgan fingerprint density at radius 1 is 1.19 bits per heavy atom. The molecular weight excluding hydrogens is 403 g/mol. The number of fused-ring (bicyclic) bond motifs is 2. The highest BCUT2D eigenvalue weighted by atomic mass is 19.1. The SMILES string of the molecule is C[C@H]1[C@@H](CCOC(=O)c2cccc(F)c2)O[C@@H]2O[C@]3(C)CC[C@H]4[C@H](C)CC[C@@H]1[C@@]24OO3. The van der Waals surface area contributed by atoms with Crippen molar-refractivity contribution in [2.45, 2.75) is 76.7 Å². The summed E-state index contributed by atoms with van der Waals surface area (Å²) in [4.78, 5) is 24.2. The summed E-state index contributed by atoms with van der Waals surface area (Å²) in [5.74, 6) is -0.484. The summed E-state index contributed by atoms with van der Waals surface area (Å²) in [6.07, 6.45) is 3.88. The van der Waals surface area contributed by atoms with Crippen LogP contribution in [0.2, 0.25) is 0 Å². The standard InChI is InChI=1S/C24H31FO6/c1-14-7-8-19-15(2)20(10-12-27-21(26)16-5-4-6-17(25)13-16)28-22-24(19)18(14)9-11-23(3,29-22)30-31-24/h4-6,13-15,18-20,22H,7-12H2,1-3H3/t14-,15-,18+,19+,20-,22-,23+,24-/m1/s1. The second kappa shape index (κ2) is 7.80. The van der Waals surface area contributed by atoms with Gasteiger partial charge in [-0.3, -0.25) is 0 Å². The summed E-state index contributed by atoms with van der Waals surface area (Å²) in [7, 11) is 0. The fourth-order valence-electron chi connectivity index (χ4n) is 6.28. The minimum absolute atomic E-state index is 0.124. The number of halogens is 1. The summed E-state index contributed by atoms with van der Waals surface area (Å²) in [6, 6.07) is 5.53. The molecule has 31 heavy (non-hydrogen) atoms. The van der Waals surface area contributed by atoms with Gasteiger partial charge >= 0.3 is 5.97 Å². The van der Waals surface area contributed by atoms with Gasteiger partial charge in [0.25, 0.3) is 0 Å². The highest BCUT2D eigenvalue weighted by Crippen LogP contribution is 2.60. The fraction of sp³-hybridized carbons (Fsp3) is 0.708. The number of rotatable bonds is 4. The van der Waals surface area contributed by atoms with Crippen LogP contribution in [0.4, 0.5) is 4.39 Å². The zero-order valence-corrected chi connectivity index (χ0v) is 18.3. The van der Waals surface area contributed by atoms with E-state index in [-0.39, 0.29) is 30.1 Å². The second-order valence-electron chi connectivity index (χ2n) is 9.88. The molecule has 4 saturated heterocycles. The lowest BCUT2D eigenvalue weighted by molar-refractivity contribution is -0.571. The normalized spacial score (nSPS) is 43.7. The third kappa shape index (κ3) is 3.50. The molecule has 4 heterocycles. The maximum Gasteiger partial charge on any atom is 0.338 e. The minimum atomic E-state index is -0.799. The Morgan fingerprint density at radius 3 is 2.84 bits per heavy atom. The van der Waals surface area contributed by atoms with E-state index in [1.165, 1.54) is 18.2 Å². The van der Waals surface area contributed by atoms with E-state index in [0.29, 0.717) is 18.3 Å². The van der Waals surface area contributed by atoms with Crippen LogP contribution in [0.1, 0.15) is 63.2 Å². The second-order valence-corrected chi connectivity index (χ2v) is 9.88. The Balaban J connectivity index is 1.30. The van der Waals surface area contributed by atoms with Gasteiger partial charge in [0, 0.05) is 18.8 Å². The molecule has 6 nitrogen and oxygen atoms in total. The van der Waals surface area contributed by atoms with E-state index in [4.69, 9.17) is 24.0 Å². The molecule has 1 aromatic carbocycles. The van der Waals surface area contributed by atoms with Gasteiger partial charge in [-0.05, 0) is 62.1 Å². The first-order valence-electron chi connectivity index (χ1n) is 11.5. The van der Waals surface area contributed by atoms with Gasteiger partial charge in [0.1, 0.15) is 5.82 Å². The van der Waals surface area contributed by atoms with E-state index >= 15 is 0 Å². The molecule has 5 fully saturated rings. The van der Waals surface area contributed by atoms with Crippen LogP contribution < -0.4 is 0 Å². The molecule has 1 aromatic rings. The molecular formula is C24H31FO6. The molecule has 5 aliphatic rings. The van der Waals surface area contributed by atoms with E-state index < -0.39 is 29.5 Å². The minimum Gasteiger partial charge on any atom is -0.462 e. The van der Waals surface area contributed by atoms with Crippen molar-refractivity contribution in [2.24, 2.45) is 23.7 Å². The van der Waals surface area contributed by atoms with E-state index in [1.54, 1.807) is 6.07 Å². The Kier molecular flexibility index (Phi) is 5.36. The van der Waals surface area contributed by atoms with Crippen LogP contribution >= 0.6 is 0 Å². The molecule has 0 radical (unpaired) electrons. The molecule has 1 spiro atoms.